The number of ether oxygens (including phenoxy) is 5. The fourth-order valence-electron chi connectivity index (χ4n) is 4.49. The zero-order valence-electron chi connectivity index (χ0n) is 25.1. The van der Waals surface area contributed by atoms with Gasteiger partial charge in [-0.15, -0.1) is 0 Å². The van der Waals surface area contributed by atoms with Crippen molar-refractivity contribution in [2.75, 3.05) is 29.7 Å². The highest BCUT2D eigenvalue weighted by Crippen LogP contribution is 2.29. The number of benzene rings is 3. The largest absolute Gasteiger partial charge is 0.446 e. The van der Waals surface area contributed by atoms with Crippen molar-refractivity contribution in [3.63, 3.8) is 0 Å². The molecule has 3 aromatic carbocycles. The van der Waals surface area contributed by atoms with E-state index in [-0.39, 0.29) is 17.1 Å². The highest BCUT2D eigenvalue weighted by atomic mass is 19.1. The van der Waals surface area contributed by atoms with Crippen molar-refractivity contribution >= 4 is 35.3 Å². The van der Waals surface area contributed by atoms with Crippen LogP contribution in [0.25, 0.3) is 0 Å². The van der Waals surface area contributed by atoms with Gasteiger partial charge < -0.3 is 28.8 Å². The van der Waals surface area contributed by atoms with Crippen molar-refractivity contribution in [3.05, 3.63) is 88.7 Å². The summed E-state index contributed by atoms with van der Waals surface area (Å²) in [4.78, 5) is 38.3. The van der Waals surface area contributed by atoms with Crippen LogP contribution in [0.2, 0.25) is 0 Å². The van der Waals surface area contributed by atoms with Crippen LogP contribution in [0, 0.1) is 38.2 Å². The highest BCUT2D eigenvalue weighted by molar-refractivity contribution is 5.87. The molecule has 1 heterocycles. The average Bonchev–Trinajstić information content (AvgIpc) is 3.00. The van der Waals surface area contributed by atoms with Gasteiger partial charge in [-0.3, -0.25) is 16.0 Å². The SMILES string of the molecule is CO[C@@H]1O[C@H](COC(=O)Nc2cc(F)ccc2C)[C@@H](O)[C@H](OC(=O)Nc2cc(F)ccc2C)[C@H]1OC(=O)Nc1cc(F)ccc1C. The first kappa shape index (κ1) is 34.0. The lowest BCUT2D eigenvalue weighted by molar-refractivity contribution is -0.291. The van der Waals surface area contributed by atoms with Crippen molar-refractivity contribution in [2.45, 2.75) is 51.5 Å². The Bertz CT molecular complexity index is 1590. The molecule has 46 heavy (non-hydrogen) atoms. The fourth-order valence-corrected chi connectivity index (χ4v) is 4.49. The summed E-state index contributed by atoms with van der Waals surface area (Å²) in [5, 5.41) is 18.3. The standard InChI is InChI=1S/C31H32F3N3O9/c1-15-5-8-18(32)11-21(15)35-29(39)43-14-24-25(38)26(45-30(40)36-22-12-19(33)9-6-16(22)2)27(28(42-4)44-24)46-31(41)37-23-13-20(34)10-7-17(23)3/h5-13,24-28,38H,14H2,1-4H3,(H,35,39)(H,36,40)(H,37,41)/t24-,25-,26+,27-,28-/m1/s1. The lowest BCUT2D eigenvalue weighted by atomic mass is 9.98. The second kappa shape index (κ2) is 14.9. The molecule has 1 aliphatic rings. The van der Waals surface area contributed by atoms with E-state index in [1.165, 1.54) is 43.5 Å². The molecule has 1 fully saturated rings. The number of methoxy groups -OCH3 is 1. The first-order valence-corrected chi connectivity index (χ1v) is 13.9. The van der Waals surface area contributed by atoms with Gasteiger partial charge in [0.25, 0.3) is 0 Å². The Hall–Kier alpha value is -4.86. The van der Waals surface area contributed by atoms with Crippen LogP contribution in [0.1, 0.15) is 16.7 Å². The number of aliphatic hydroxyl groups excluding tert-OH is 1. The van der Waals surface area contributed by atoms with Gasteiger partial charge in [0.05, 0.1) is 0 Å². The van der Waals surface area contributed by atoms with Crippen LogP contribution in [0.5, 0.6) is 0 Å². The van der Waals surface area contributed by atoms with E-state index in [9.17, 15) is 32.7 Å². The molecule has 0 unspecified atom stereocenters. The second-order valence-electron chi connectivity index (χ2n) is 10.4. The summed E-state index contributed by atoms with van der Waals surface area (Å²) in [6, 6.07) is 11.1. The topological polar surface area (TPSA) is 154 Å². The quantitative estimate of drug-likeness (QED) is 0.231. The van der Waals surface area contributed by atoms with Gasteiger partial charge in [-0.05, 0) is 73.9 Å². The number of carbonyl (C=O) groups is 3. The zero-order valence-corrected chi connectivity index (χ0v) is 25.1. The van der Waals surface area contributed by atoms with Gasteiger partial charge in [-0.25, -0.2) is 27.6 Å². The predicted octanol–water partition coefficient (Wildman–Crippen LogP) is 5.54. The number of hydrogen-bond acceptors (Lipinski definition) is 9. The Kier molecular flexibility index (Phi) is 11.1. The molecule has 0 radical (unpaired) electrons. The van der Waals surface area contributed by atoms with Crippen LogP contribution < -0.4 is 16.0 Å². The molecule has 0 aromatic heterocycles. The maximum absolute atomic E-state index is 13.8. The van der Waals surface area contributed by atoms with Crippen molar-refractivity contribution in [2.24, 2.45) is 0 Å². The van der Waals surface area contributed by atoms with Gasteiger partial charge in [0.15, 0.2) is 18.5 Å². The average molecular weight is 648 g/mol. The minimum absolute atomic E-state index is 0.0656. The van der Waals surface area contributed by atoms with Crippen molar-refractivity contribution in [1.29, 1.82) is 0 Å². The van der Waals surface area contributed by atoms with Crippen LogP contribution in [0.4, 0.5) is 44.6 Å². The third-order valence-electron chi connectivity index (χ3n) is 7.02. The third-order valence-corrected chi connectivity index (χ3v) is 7.02. The lowest BCUT2D eigenvalue weighted by Crippen LogP contribution is -2.62. The van der Waals surface area contributed by atoms with Gasteiger partial charge in [-0.2, -0.15) is 0 Å². The van der Waals surface area contributed by atoms with E-state index in [1.807, 2.05) is 0 Å². The van der Waals surface area contributed by atoms with E-state index >= 15 is 0 Å². The number of aliphatic hydroxyl groups is 1. The van der Waals surface area contributed by atoms with E-state index < -0.39 is 73.0 Å². The Morgan fingerprint density at radius 1 is 0.717 bits per heavy atom. The number of halogens is 3. The molecule has 1 aliphatic heterocycles. The molecule has 0 spiro atoms. The molecule has 0 aliphatic carbocycles. The summed E-state index contributed by atoms with van der Waals surface area (Å²) in [6.45, 7) is 4.23. The van der Waals surface area contributed by atoms with Gasteiger partial charge in [0.1, 0.15) is 36.3 Å². The summed E-state index contributed by atoms with van der Waals surface area (Å²) in [5.74, 6) is -1.86. The summed E-state index contributed by atoms with van der Waals surface area (Å²) >= 11 is 0. The molecule has 5 atom stereocenters. The van der Waals surface area contributed by atoms with Crippen molar-refractivity contribution < 1.29 is 56.3 Å². The summed E-state index contributed by atoms with van der Waals surface area (Å²) in [6.07, 6.45) is -11.3. The molecular formula is C31H32F3N3O9. The monoisotopic (exact) mass is 647 g/mol. The maximum atomic E-state index is 13.8. The molecule has 3 amide bonds. The summed E-state index contributed by atoms with van der Waals surface area (Å²) < 4.78 is 68.3. The van der Waals surface area contributed by atoms with Gasteiger partial charge in [0, 0.05) is 24.2 Å². The Labute approximate surface area is 261 Å². The molecule has 4 rings (SSSR count). The van der Waals surface area contributed by atoms with Crippen molar-refractivity contribution in [3.8, 4) is 0 Å². The third kappa shape index (κ3) is 8.65. The van der Waals surface area contributed by atoms with Gasteiger partial charge >= 0.3 is 18.3 Å². The lowest BCUT2D eigenvalue weighted by Gasteiger charge is -2.42. The zero-order chi connectivity index (χ0) is 33.5. The minimum atomic E-state index is -1.79. The molecular weight excluding hydrogens is 615 g/mol. The van der Waals surface area contributed by atoms with Crippen LogP contribution in [-0.4, -0.2) is 67.8 Å². The van der Waals surface area contributed by atoms with Crippen LogP contribution in [0.3, 0.4) is 0 Å². The predicted molar refractivity (Wildman–Crippen MR) is 158 cm³/mol. The molecule has 0 saturated carbocycles. The molecule has 0 bridgehead atoms. The molecule has 4 N–H and O–H groups in total. The summed E-state index contributed by atoms with van der Waals surface area (Å²) in [5.41, 5.74) is 1.83. The first-order valence-electron chi connectivity index (χ1n) is 13.9. The molecule has 246 valence electrons. The number of hydrogen-bond donors (Lipinski definition) is 4. The number of amides is 3. The number of rotatable bonds is 8. The Balaban J connectivity index is 1.52. The number of aryl methyl sites for hydroxylation is 3. The Morgan fingerprint density at radius 2 is 1.13 bits per heavy atom. The highest BCUT2D eigenvalue weighted by Gasteiger charge is 2.50. The van der Waals surface area contributed by atoms with E-state index in [0.29, 0.717) is 16.7 Å². The minimum Gasteiger partial charge on any atom is -0.446 e. The van der Waals surface area contributed by atoms with E-state index in [1.54, 1.807) is 20.8 Å². The molecule has 1 saturated heterocycles. The smallest absolute Gasteiger partial charge is 0.412 e. The molecule has 3 aromatic rings. The van der Waals surface area contributed by atoms with Crippen LogP contribution >= 0.6 is 0 Å². The van der Waals surface area contributed by atoms with Crippen LogP contribution in [-0.2, 0) is 23.7 Å². The number of anilines is 3. The Morgan fingerprint density at radius 3 is 1.57 bits per heavy atom. The number of carbonyl (C=O) groups excluding carboxylic acids is 3. The van der Waals surface area contributed by atoms with E-state index in [4.69, 9.17) is 23.7 Å². The number of nitrogens with one attached hydrogen (secondary N) is 3. The van der Waals surface area contributed by atoms with E-state index in [0.717, 1.165) is 18.2 Å². The van der Waals surface area contributed by atoms with Crippen LogP contribution in [0.15, 0.2) is 54.6 Å². The fraction of sp³-hybridized carbons (Fsp3) is 0.323. The second-order valence-corrected chi connectivity index (χ2v) is 10.4. The molecule has 15 heteroatoms. The molecule has 12 nitrogen and oxygen atoms in total. The summed E-state index contributed by atoms with van der Waals surface area (Å²) in [7, 11) is 1.18. The maximum Gasteiger partial charge on any atom is 0.412 e. The first-order chi connectivity index (χ1) is 21.8. The van der Waals surface area contributed by atoms with Crippen molar-refractivity contribution in [1.82, 2.24) is 0 Å². The van der Waals surface area contributed by atoms with E-state index in [2.05, 4.69) is 16.0 Å². The van der Waals surface area contributed by atoms with Gasteiger partial charge in [0.2, 0.25) is 0 Å². The normalized spacial score (nSPS) is 20.7. The van der Waals surface area contributed by atoms with Gasteiger partial charge in [-0.1, -0.05) is 18.2 Å².